The molecule has 1 aliphatic heterocycles. The van der Waals surface area contributed by atoms with E-state index in [1.807, 2.05) is 0 Å². The Balaban J connectivity index is 2.11. The van der Waals surface area contributed by atoms with Gasteiger partial charge >= 0.3 is 0 Å². The third kappa shape index (κ3) is 3.66. The number of sulfonamides is 1. The minimum Gasteiger partial charge on any atom is -0.337 e. The average Bonchev–Trinajstić information content (AvgIpc) is 2.35. The topological polar surface area (TPSA) is 50.6 Å². The molecule has 0 radical (unpaired) electrons. The molecular formula is C12H17ClFN2O2S+. The maximum absolute atomic E-state index is 13.0. The van der Waals surface area contributed by atoms with Crippen molar-refractivity contribution in [3.8, 4) is 0 Å². The second-order valence-electron chi connectivity index (χ2n) is 4.93. The lowest BCUT2D eigenvalue weighted by atomic mass is 10.1. The van der Waals surface area contributed by atoms with Crippen molar-refractivity contribution in [1.82, 2.24) is 4.72 Å². The molecule has 0 saturated carbocycles. The van der Waals surface area contributed by atoms with Gasteiger partial charge < -0.3 is 4.90 Å². The van der Waals surface area contributed by atoms with Crippen molar-refractivity contribution in [2.45, 2.75) is 23.8 Å². The zero-order valence-corrected chi connectivity index (χ0v) is 12.2. The minimum absolute atomic E-state index is 0.00479. The summed E-state index contributed by atoms with van der Waals surface area (Å²) in [4.78, 5) is 1.41. The molecule has 106 valence electrons. The number of likely N-dealkylation sites (tertiary alicyclic amines) is 1. The lowest BCUT2D eigenvalue weighted by molar-refractivity contribution is -0.884. The van der Waals surface area contributed by atoms with Crippen LogP contribution in [-0.2, 0) is 10.0 Å². The number of hydrogen-bond donors (Lipinski definition) is 2. The first-order chi connectivity index (χ1) is 8.88. The van der Waals surface area contributed by atoms with Gasteiger partial charge in [-0.2, -0.15) is 0 Å². The second-order valence-corrected chi connectivity index (χ2v) is 7.05. The molecule has 0 aliphatic carbocycles. The van der Waals surface area contributed by atoms with Gasteiger partial charge in [-0.05, 0) is 18.2 Å². The molecule has 0 unspecified atom stereocenters. The second kappa shape index (κ2) is 5.75. The molecule has 7 heteroatoms. The van der Waals surface area contributed by atoms with Crippen LogP contribution < -0.4 is 9.62 Å². The number of halogens is 2. The predicted octanol–water partition coefficient (Wildman–Crippen LogP) is 0.435. The van der Waals surface area contributed by atoms with Crippen LogP contribution in [0, 0.1) is 5.82 Å². The predicted molar refractivity (Wildman–Crippen MR) is 71.4 cm³/mol. The van der Waals surface area contributed by atoms with Gasteiger partial charge in [-0.1, -0.05) is 11.6 Å². The van der Waals surface area contributed by atoms with E-state index >= 15 is 0 Å². The van der Waals surface area contributed by atoms with Crippen molar-refractivity contribution in [3.63, 3.8) is 0 Å². The van der Waals surface area contributed by atoms with E-state index in [-0.39, 0.29) is 16.0 Å². The smallest absolute Gasteiger partial charge is 0.240 e. The Kier molecular flexibility index (Phi) is 4.45. The third-order valence-corrected chi connectivity index (χ3v) is 5.17. The molecule has 1 heterocycles. The number of benzene rings is 1. The van der Waals surface area contributed by atoms with Crippen molar-refractivity contribution in [1.29, 1.82) is 0 Å². The molecule has 1 aromatic carbocycles. The summed E-state index contributed by atoms with van der Waals surface area (Å²) in [5.41, 5.74) is 0. The lowest BCUT2D eigenvalue weighted by Crippen LogP contribution is -3.10. The number of piperidine rings is 1. The highest BCUT2D eigenvalue weighted by Gasteiger charge is 2.25. The molecule has 0 bridgehead atoms. The monoisotopic (exact) mass is 307 g/mol. The lowest BCUT2D eigenvalue weighted by Gasteiger charge is -2.26. The first kappa shape index (κ1) is 14.7. The number of quaternary nitrogens is 1. The molecule has 19 heavy (non-hydrogen) atoms. The number of nitrogens with one attached hydrogen (secondary N) is 2. The van der Waals surface area contributed by atoms with Crippen LogP contribution in [0.15, 0.2) is 23.1 Å². The van der Waals surface area contributed by atoms with Gasteiger partial charge in [0.05, 0.1) is 30.1 Å². The molecule has 0 atom stereocenters. The molecule has 1 aliphatic rings. The van der Waals surface area contributed by atoms with E-state index < -0.39 is 15.8 Å². The number of rotatable bonds is 3. The molecule has 1 fully saturated rings. The Morgan fingerprint density at radius 3 is 2.58 bits per heavy atom. The fourth-order valence-corrected chi connectivity index (χ4v) is 3.74. The van der Waals surface area contributed by atoms with Gasteiger partial charge in [-0.25, -0.2) is 17.5 Å². The van der Waals surface area contributed by atoms with Crippen molar-refractivity contribution >= 4 is 21.6 Å². The van der Waals surface area contributed by atoms with Crippen LogP contribution >= 0.6 is 11.6 Å². The van der Waals surface area contributed by atoms with E-state index in [4.69, 9.17) is 11.6 Å². The first-order valence-electron chi connectivity index (χ1n) is 6.17. The molecule has 0 aromatic heterocycles. The Labute approximate surface area is 117 Å². The highest BCUT2D eigenvalue weighted by Crippen LogP contribution is 2.20. The minimum atomic E-state index is -3.63. The van der Waals surface area contributed by atoms with E-state index in [1.165, 1.54) is 11.0 Å². The Morgan fingerprint density at radius 2 is 2.00 bits per heavy atom. The van der Waals surface area contributed by atoms with Crippen molar-refractivity contribution in [2.75, 3.05) is 20.1 Å². The maximum Gasteiger partial charge on any atom is 0.240 e. The van der Waals surface area contributed by atoms with Gasteiger partial charge in [0.25, 0.3) is 0 Å². The van der Waals surface area contributed by atoms with Gasteiger partial charge in [-0.3, -0.25) is 0 Å². The Morgan fingerprint density at radius 1 is 1.37 bits per heavy atom. The summed E-state index contributed by atoms with van der Waals surface area (Å²) < 4.78 is 40.0. The molecule has 2 N–H and O–H groups in total. The van der Waals surface area contributed by atoms with Crippen LogP contribution in [-0.4, -0.2) is 34.6 Å². The molecule has 1 aromatic rings. The van der Waals surface area contributed by atoms with Gasteiger partial charge in [0.15, 0.2) is 0 Å². The molecule has 0 amide bonds. The van der Waals surface area contributed by atoms with Gasteiger partial charge in [0, 0.05) is 18.9 Å². The quantitative estimate of drug-likeness (QED) is 0.851. The van der Waals surface area contributed by atoms with Crippen molar-refractivity contribution < 1.29 is 17.7 Å². The summed E-state index contributed by atoms with van der Waals surface area (Å²) in [6.07, 6.45) is 1.61. The van der Waals surface area contributed by atoms with Crippen LogP contribution in [0.25, 0.3) is 0 Å². The average molecular weight is 308 g/mol. The standard InChI is InChI=1S/C12H16ClFN2O2S/c1-16-6-4-9(5-7-16)15-19(17,18)10-2-3-12(14)11(13)8-10/h2-3,8-9,15H,4-7H2,1H3/p+1. The third-order valence-electron chi connectivity index (χ3n) is 3.36. The van der Waals surface area contributed by atoms with Crippen LogP contribution in [0.4, 0.5) is 4.39 Å². The van der Waals surface area contributed by atoms with Gasteiger partial charge in [-0.15, -0.1) is 0 Å². The summed E-state index contributed by atoms with van der Waals surface area (Å²) in [6.45, 7) is 1.88. The zero-order valence-electron chi connectivity index (χ0n) is 10.6. The fourth-order valence-electron chi connectivity index (χ4n) is 2.16. The molecule has 4 nitrogen and oxygen atoms in total. The van der Waals surface area contributed by atoms with E-state index in [9.17, 15) is 12.8 Å². The van der Waals surface area contributed by atoms with Crippen molar-refractivity contribution in [2.24, 2.45) is 0 Å². The van der Waals surface area contributed by atoms with E-state index in [1.54, 1.807) is 0 Å². The molecule has 2 rings (SSSR count). The highest BCUT2D eigenvalue weighted by atomic mass is 35.5. The van der Waals surface area contributed by atoms with Gasteiger partial charge in [0.2, 0.25) is 10.0 Å². The zero-order chi connectivity index (χ0) is 14.0. The van der Waals surface area contributed by atoms with Crippen LogP contribution in [0.5, 0.6) is 0 Å². The van der Waals surface area contributed by atoms with Crippen LogP contribution in [0.2, 0.25) is 5.02 Å². The first-order valence-corrected chi connectivity index (χ1v) is 8.03. The van der Waals surface area contributed by atoms with Gasteiger partial charge in [0.1, 0.15) is 5.82 Å². The van der Waals surface area contributed by atoms with E-state index in [0.29, 0.717) is 0 Å². The van der Waals surface area contributed by atoms with E-state index in [2.05, 4.69) is 11.8 Å². The highest BCUT2D eigenvalue weighted by molar-refractivity contribution is 7.89. The maximum atomic E-state index is 13.0. The summed E-state index contributed by atoms with van der Waals surface area (Å²) in [5, 5.41) is -0.185. The van der Waals surface area contributed by atoms with Crippen LogP contribution in [0.3, 0.4) is 0 Å². The molecule has 0 spiro atoms. The van der Waals surface area contributed by atoms with Crippen molar-refractivity contribution in [3.05, 3.63) is 29.0 Å². The van der Waals surface area contributed by atoms with Crippen LogP contribution in [0.1, 0.15) is 12.8 Å². The fraction of sp³-hybridized carbons (Fsp3) is 0.500. The normalized spacial score (nSPS) is 24.4. The molecule has 1 saturated heterocycles. The summed E-state index contributed by atoms with van der Waals surface area (Å²) in [7, 11) is -1.54. The van der Waals surface area contributed by atoms with E-state index in [0.717, 1.165) is 38.1 Å². The molecular weight excluding hydrogens is 291 g/mol. The Hall–Kier alpha value is -0.690. The summed E-state index contributed by atoms with van der Waals surface area (Å²) in [6, 6.07) is 3.37. The SMILES string of the molecule is C[NH+]1CCC(NS(=O)(=O)c2ccc(F)c(Cl)c2)CC1. The number of hydrogen-bond acceptors (Lipinski definition) is 2. The largest absolute Gasteiger partial charge is 0.337 e. The summed E-state index contributed by atoms with van der Waals surface area (Å²) >= 11 is 5.61. The Bertz CT molecular complexity index is 557. The summed E-state index contributed by atoms with van der Waals surface area (Å²) in [5.74, 6) is -0.622.